The van der Waals surface area contributed by atoms with E-state index in [0.29, 0.717) is 13.0 Å². The van der Waals surface area contributed by atoms with E-state index in [1.54, 1.807) is 0 Å². The highest BCUT2D eigenvalue weighted by Crippen LogP contribution is 2.07. The average Bonchev–Trinajstić information content (AvgIpc) is 2.44. The molecule has 2 nitrogen and oxygen atoms in total. The molecular weight excluding hydrogens is 236 g/mol. The molecule has 0 aromatic heterocycles. The van der Waals surface area contributed by atoms with Crippen molar-refractivity contribution in [2.75, 3.05) is 6.61 Å². The second-order valence-electron chi connectivity index (χ2n) is 4.83. The van der Waals surface area contributed by atoms with Crippen molar-refractivity contribution in [3.05, 3.63) is 42.8 Å². The van der Waals surface area contributed by atoms with Gasteiger partial charge in [-0.05, 0) is 12.0 Å². The first-order valence-electron chi connectivity index (χ1n) is 7.31. The number of carbonyl (C=O) groups is 1. The molecule has 0 spiro atoms. The average molecular weight is 261 g/mol. The standard InChI is InChI=1S/C17H25O2/c1-2-3-4-5-6-10-13-17(18)19-15-14-16-11-8-7-9-12-16/h7-9,11-12H,1-6,10,13-15H2. The van der Waals surface area contributed by atoms with Gasteiger partial charge in [0.2, 0.25) is 0 Å². The molecule has 0 heterocycles. The number of unbranched alkanes of at least 4 members (excludes halogenated alkanes) is 5. The van der Waals surface area contributed by atoms with E-state index in [1.807, 2.05) is 18.2 Å². The summed E-state index contributed by atoms with van der Waals surface area (Å²) >= 11 is 0. The Hall–Kier alpha value is -1.31. The van der Waals surface area contributed by atoms with Crippen molar-refractivity contribution in [1.82, 2.24) is 0 Å². The van der Waals surface area contributed by atoms with E-state index < -0.39 is 0 Å². The normalized spacial score (nSPS) is 10.4. The largest absolute Gasteiger partial charge is 0.465 e. The first kappa shape index (κ1) is 15.7. The Morgan fingerprint density at radius 2 is 1.68 bits per heavy atom. The lowest BCUT2D eigenvalue weighted by molar-refractivity contribution is -0.143. The van der Waals surface area contributed by atoms with Gasteiger partial charge in [0, 0.05) is 12.8 Å². The third kappa shape index (κ3) is 8.41. The van der Waals surface area contributed by atoms with Crippen LogP contribution in [0.15, 0.2) is 30.3 Å². The summed E-state index contributed by atoms with van der Waals surface area (Å²) in [4.78, 5) is 11.5. The molecule has 1 radical (unpaired) electrons. The molecule has 0 bridgehead atoms. The second-order valence-corrected chi connectivity index (χ2v) is 4.83. The van der Waals surface area contributed by atoms with Gasteiger partial charge in [0.1, 0.15) is 0 Å². The van der Waals surface area contributed by atoms with Crippen LogP contribution in [-0.4, -0.2) is 12.6 Å². The monoisotopic (exact) mass is 261 g/mol. The van der Waals surface area contributed by atoms with Crippen LogP contribution < -0.4 is 0 Å². The zero-order chi connectivity index (χ0) is 13.8. The summed E-state index contributed by atoms with van der Waals surface area (Å²) in [5.74, 6) is -0.0620. The van der Waals surface area contributed by atoms with Gasteiger partial charge in [0.25, 0.3) is 0 Å². The Morgan fingerprint density at radius 3 is 2.42 bits per heavy atom. The lowest BCUT2D eigenvalue weighted by Gasteiger charge is -2.05. The number of esters is 1. The second kappa shape index (κ2) is 10.6. The van der Waals surface area contributed by atoms with E-state index in [4.69, 9.17) is 4.74 Å². The van der Waals surface area contributed by atoms with Gasteiger partial charge in [-0.25, -0.2) is 0 Å². The summed E-state index contributed by atoms with van der Waals surface area (Å²) in [5.41, 5.74) is 1.21. The first-order chi connectivity index (χ1) is 9.33. The lowest BCUT2D eigenvalue weighted by atomic mass is 10.1. The minimum Gasteiger partial charge on any atom is -0.465 e. The summed E-state index contributed by atoms with van der Waals surface area (Å²) in [6.45, 7) is 4.31. The smallest absolute Gasteiger partial charge is 0.305 e. The molecule has 0 unspecified atom stereocenters. The predicted octanol–water partition coefficient (Wildman–Crippen LogP) is 4.34. The molecule has 0 N–H and O–H groups in total. The van der Waals surface area contributed by atoms with Crippen molar-refractivity contribution in [3.8, 4) is 0 Å². The van der Waals surface area contributed by atoms with E-state index in [1.165, 1.54) is 24.8 Å². The fourth-order valence-corrected chi connectivity index (χ4v) is 1.98. The highest BCUT2D eigenvalue weighted by atomic mass is 16.5. The third-order valence-electron chi connectivity index (χ3n) is 3.13. The van der Waals surface area contributed by atoms with E-state index in [-0.39, 0.29) is 5.97 Å². The molecule has 2 heteroatoms. The molecule has 1 rings (SSSR count). The van der Waals surface area contributed by atoms with Crippen molar-refractivity contribution in [1.29, 1.82) is 0 Å². The zero-order valence-corrected chi connectivity index (χ0v) is 11.8. The Morgan fingerprint density at radius 1 is 1.00 bits per heavy atom. The minimum atomic E-state index is -0.0620. The summed E-state index contributed by atoms with van der Waals surface area (Å²) in [7, 11) is 0. The Kier molecular flexibility index (Phi) is 8.78. The minimum absolute atomic E-state index is 0.0620. The molecule has 105 valence electrons. The highest BCUT2D eigenvalue weighted by Gasteiger charge is 2.02. The van der Waals surface area contributed by atoms with Crippen molar-refractivity contribution >= 4 is 5.97 Å². The maximum absolute atomic E-state index is 11.5. The van der Waals surface area contributed by atoms with Gasteiger partial charge in [0.05, 0.1) is 6.61 Å². The van der Waals surface area contributed by atoms with Crippen LogP contribution >= 0.6 is 0 Å². The number of benzene rings is 1. The van der Waals surface area contributed by atoms with Crippen LogP contribution in [-0.2, 0) is 16.0 Å². The van der Waals surface area contributed by atoms with Gasteiger partial charge < -0.3 is 4.74 Å². The third-order valence-corrected chi connectivity index (χ3v) is 3.13. The molecule has 1 aromatic rings. The molecule has 0 fully saturated rings. The van der Waals surface area contributed by atoms with Crippen molar-refractivity contribution in [2.45, 2.75) is 51.4 Å². The molecule has 0 aliphatic heterocycles. The molecule has 0 saturated heterocycles. The van der Waals surface area contributed by atoms with Crippen LogP contribution in [0, 0.1) is 6.92 Å². The molecule has 0 aliphatic carbocycles. The maximum atomic E-state index is 11.5. The van der Waals surface area contributed by atoms with Crippen LogP contribution in [0.5, 0.6) is 0 Å². The number of hydrogen-bond donors (Lipinski definition) is 0. The van der Waals surface area contributed by atoms with Gasteiger partial charge >= 0.3 is 5.97 Å². The summed E-state index contributed by atoms with van der Waals surface area (Å²) in [6.07, 6.45) is 8.06. The molecule has 0 atom stereocenters. The molecule has 0 amide bonds. The number of carbonyl (C=O) groups excluding carboxylic acids is 1. The van der Waals surface area contributed by atoms with Crippen LogP contribution in [0.2, 0.25) is 0 Å². The van der Waals surface area contributed by atoms with Crippen molar-refractivity contribution < 1.29 is 9.53 Å². The molecule has 19 heavy (non-hydrogen) atoms. The molecule has 0 aliphatic rings. The molecule has 0 saturated carbocycles. The number of ether oxygens (including phenoxy) is 1. The Labute approximate surface area is 117 Å². The van der Waals surface area contributed by atoms with Gasteiger partial charge in [-0.1, -0.05) is 69.4 Å². The van der Waals surface area contributed by atoms with E-state index in [2.05, 4.69) is 19.1 Å². The van der Waals surface area contributed by atoms with Crippen molar-refractivity contribution in [3.63, 3.8) is 0 Å². The number of hydrogen-bond acceptors (Lipinski definition) is 2. The van der Waals surface area contributed by atoms with Gasteiger partial charge in [0.15, 0.2) is 0 Å². The topological polar surface area (TPSA) is 26.3 Å². The van der Waals surface area contributed by atoms with E-state index in [9.17, 15) is 4.79 Å². The van der Waals surface area contributed by atoms with Gasteiger partial charge in [-0.2, -0.15) is 0 Å². The fourth-order valence-electron chi connectivity index (χ4n) is 1.98. The lowest BCUT2D eigenvalue weighted by Crippen LogP contribution is -2.07. The first-order valence-corrected chi connectivity index (χ1v) is 7.31. The Bertz CT molecular complexity index is 332. The highest BCUT2D eigenvalue weighted by molar-refractivity contribution is 5.69. The molecular formula is C17H25O2. The van der Waals surface area contributed by atoms with Crippen LogP contribution in [0.4, 0.5) is 0 Å². The Balaban J connectivity index is 1.96. The summed E-state index contributed by atoms with van der Waals surface area (Å²) in [6, 6.07) is 10.1. The maximum Gasteiger partial charge on any atom is 0.305 e. The van der Waals surface area contributed by atoms with Crippen LogP contribution in [0.1, 0.15) is 50.5 Å². The van der Waals surface area contributed by atoms with Crippen LogP contribution in [0.3, 0.4) is 0 Å². The van der Waals surface area contributed by atoms with Crippen LogP contribution in [0.25, 0.3) is 0 Å². The predicted molar refractivity (Wildman–Crippen MR) is 78.8 cm³/mol. The zero-order valence-electron chi connectivity index (χ0n) is 11.8. The van der Waals surface area contributed by atoms with Gasteiger partial charge in [-0.15, -0.1) is 0 Å². The van der Waals surface area contributed by atoms with Gasteiger partial charge in [-0.3, -0.25) is 4.79 Å². The molecule has 1 aromatic carbocycles. The number of rotatable bonds is 10. The van der Waals surface area contributed by atoms with E-state index in [0.717, 1.165) is 25.7 Å². The SMILES string of the molecule is [CH2]CCCCCCCC(=O)OCCc1ccccc1. The quantitative estimate of drug-likeness (QED) is 0.462. The summed E-state index contributed by atoms with van der Waals surface area (Å²) < 4.78 is 5.22. The summed E-state index contributed by atoms with van der Waals surface area (Å²) in [5, 5.41) is 0. The fraction of sp³-hybridized carbons (Fsp3) is 0.529. The van der Waals surface area contributed by atoms with E-state index >= 15 is 0 Å². The van der Waals surface area contributed by atoms with Crippen molar-refractivity contribution in [2.24, 2.45) is 0 Å².